The van der Waals surface area contributed by atoms with E-state index in [1.54, 1.807) is 60.7 Å². The van der Waals surface area contributed by atoms with Gasteiger partial charge in [0.2, 0.25) is 0 Å². The smallest absolute Gasteiger partial charge is 0.261 e. The Morgan fingerprint density at radius 3 is 2.50 bits per heavy atom. The number of para-hydroxylation sites is 1. The van der Waals surface area contributed by atoms with Gasteiger partial charge in [-0.3, -0.25) is 19.3 Å². The molecule has 0 aliphatic carbocycles. The van der Waals surface area contributed by atoms with Crippen LogP contribution < -0.4 is 14.8 Å². The number of ether oxygens (including phenoxy) is 3. The van der Waals surface area contributed by atoms with Crippen LogP contribution in [0.3, 0.4) is 0 Å². The number of fused-ring (bicyclic) bond motifs is 1. The molecule has 2 aliphatic heterocycles. The van der Waals surface area contributed by atoms with E-state index in [-0.39, 0.29) is 30.4 Å². The molecule has 1 N–H and O–H groups in total. The lowest BCUT2D eigenvalue weighted by Gasteiger charge is -2.17. The molecule has 2 heterocycles. The van der Waals surface area contributed by atoms with Crippen LogP contribution in [-0.4, -0.2) is 48.5 Å². The van der Waals surface area contributed by atoms with E-state index < -0.39 is 0 Å². The minimum absolute atomic E-state index is 0.102. The number of anilines is 1. The number of amides is 3. The molecule has 3 aromatic carbocycles. The van der Waals surface area contributed by atoms with Gasteiger partial charge in [-0.15, -0.1) is 0 Å². The van der Waals surface area contributed by atoms with E-state index in [2.05, 4.69) is 5.32 Å². The van der Waals surface area contributed by atoms with Crippen molar-refractivity contribution in [3.05, 3.63) is 83.4 Å². The Kier molecular flexibility index (Phi) is 6.69. The molecule has 0 bridgehead atoms. The van der Waals surface area contributed by atoms with Crippen LogP contribution in [0.15, 0.2) is 66.7 Å². The van der Waals surface area contributed by atoms with Crippen LogP contribution in [0.1, 0.15) is 50.8 Å². The van der Waals surface area contributed by atoms with Crippen molar-refractivity contribution < 1.29 is 28.6 Å². The first-order chi connectivity index (χ1) is 17.5. The van der Waals surface area contributed by atoms with Crippen molar-refractivity contribution in [3.63, 3.8) is 0 Å². The summed E-state index contributed by atoms with van der Waals surface area (Å²) in [5.74, 6) is 0.579. The molecule has 0 radical (unpaired) electrons. The van der Waals surface area contributed by atoms with E-state index in [0.717, 1.165) is 12.8 Å². The first kappa shape index (κ1) is 23.6. The molecule has 1 atom stereocenters. The SMILES string of the molecule is CCOc1ccccc1C(=O)Nc1ccc(Oc2ccc3c(c2)C(=O)N(CC2CCCO2)C3=O)cc1. The van der Waals surface area contributed by atoms with E-state index in [9.17, 15) is 14.4 Å². The number of hydrogen-bond acceptors (Lipinski definition) is 6. The monoisotopic (exact) mass is 486 g/mol. The normalized spacial score (nSPS) is 16.7. The predicted octanol–water partition coefficient (Wildman–Crippen LogP) is 4.90. The second-order valence-electron chi connectivity index (χ2n) is 8.57. The van der Waals surface area contributed by atoms with E-state index >= 15 is 0 Å². The fraction of sp³-hybridized carbons (Fsp3) is 0.250. The quantitative estimate of drug-likeness (QED) is 0.455. The summed E-state index contributed by atoms with van der Waals surface area (Å²) >= 11 is 0. The topological polar surface area (TPSA) is 94.2 Å². The van der Waals surface area contributed by atoms with E-state index in [4.69, 9.17) is 14.2 Å². The Bertz CT molecular complexity index is 1300. The molecule has 184 valence electrons. The molecule has 1 fully saturated rings. The summed E-state index contributed by atoms with van der Waals surface area (Å²) < 4.78 is 17.0. The maximum absolute atomic E-state index is 12.9. The van der Waals surface area contributed by atoms with Gasteiger partial charge in [0.15, 0.2) is 0 Å². The number of hydrogen-bond donors (Lipinski definition) is 1. The highest BCUT2D eigenvalue weighted by atomic mass is 16.5. The van der Waals surface area contributed by atoms with Gasteiger partial charge in [-0.25, -0.2) is 0 Å². The van der Waals surface area contributed by atoms with Gasteiger partial charge >= 0.3 is 0 Å². The highest BCUT2D eigenvalue weighted by molar-refractivity contribution is 6.21. The third kappa shape index (κ3) is 4.81. The molecular weight excluding hydrogens is 460 g/mol. The van der Waals surface area contributed by atoms with Crippen LogP contribution in [-0.2, 0) is 4.74 Å². The number of nitrogens with zero attached hydrogens (tertiary/aromatic N) is 1. The zero-order valence-electron chi connectivity index (χ0n) is 19.9. The maximum Gasteiger partial charge on any atom is 0.261 e. The molecule has 5 rings (SSSR count). The van der Waals surface area contributed by atoms with Crippen LogP contribution >= 0.6 is 0 Å². The summed E-state index contributed by atoms with van der Waals surface area (Å²) in [6.45, 7) is 3.26. The summed E-state index contributed by atoms with van der Waals surface area (Å²) in [6, 6.07) is 18.8. The van der Waals surface area contributed by atoms with Crippen molar-refractivity contribution in [3.8, 4) is 17.2 Å². The van der Waals surface area contributed by atoms with Gasteiger partial charge in [-0.1, -0.05) is 12.1 Å². The predicted molar refractivity (Wildman–Crippen MR) is 133 cm³/mol. The highest BCUT2D eigenvalue weighted by Crippen LogP contribution is 2.31. The van der Waals surface area contributed by atoms with Crippen LogP contribution in [0.25, 0.3) is 0 Å². The lowest BCUT2D eigenvalue weighted by molar-refractivity contribution is 0.0475. The van der Waals surface area contributed by atoms with Crippen molar-refractivity contribution in [2.75, 3.05) is 25.1 Å². The molecule has 3 amide bonds. The van der Waals surface area contributed by atoms with E-state index in [1.807, 2.05) is 13.0 Å². The highest BCUT2D eigenvalue weighted by Gasteiger charge is 2.37. The summed E-state index contributed by atoms with van der Waals surface area (Å²) in [5, 5.41) is 2.85. The van der Waals surface area contributed by atoms with Crippen molar-refractivity contribution in [1.82, 2.24) is 4.90 Å². The Morgan fingerprint density at radius 2 is 1.75 bits per heavy atom. The lowest BCUT2D eigenvalue weighted by Crippen LogP contribution is -2.36. The molecule has 2 aliphatic rings. The van der Waals surface area contributed by atoms with Gasteiger partial charge in [-0.2, -0.15) is 0 Å². The maximum atomic E-state index is 12.9. The number of benzene rings is 3. The molecule has 0 saturated carbocycles. The minimum atomic E-state index is -0.332. The molecule has 36 heavy (non-hydrogen) atoms. The fourth-order valence-electron chi connectivity index (χ4n) is 4.37. The molecule has 8 nitrogen and oxygen atoms in total. The molecule has 1 saturated heterocycles. The zero-order chi connectivity index (χ0) is 25.1. The first-order valence-electron chi connectivity index (χ1n) is 12.0. The van der Waals surface area contributed by atoms with Gasteiger partial charge in [0.05, 0.1) is 35.9 Å². The first-order valence-corrected chi connectivity index (χ1v) is 12.0. The van der Waals surface area contributed by atoms with Gasteiger partial charge in [-0.05, 0) is 74.4 Å². The molecule has 0 aromatic heterocycles. The van der Waals surface area contributed by atoms with Gasteiger partial charge in [0.25, 0.3) is 17.7 Å². The Morgan fingerprint density at radius 1 is 1.00 bits per heavy atom. The molecular formula is C28H26N2O6. The van der Waals surface area contributed by atoms with E-state index in [0.29, 0.717) is 52.8 Å². The second kappa shape index (κ2) is 10.2. The third-order valence-electron chi connectivity index (χ3n) is 6.13. The average molecular weight is 487 g/mol. The summed E-state index contributed by atoms with van der Waals surface area (Å²) in [5.41, 5.74) is 1.74. The van der Waals surface area contributed by atoms with Crippen molar-refractivity contribution >= 4 is 23.4 Å². The van der Waals surface area contributed by atoms with Crippen molar-refractivity contribution in [1.29, 1.82) is 0 Å². The molecule has 0 spiro atoms. The largest absolute Gasteiger partial charge is 0.493 e. The van der Waals surface area contributed by atoms with Crippen molar-refractivity contribution in [2.45, 2.75) is 25.9 Å². The van der Waals surface area contributed by atoms with Gasteiger partial charge in [0, 0.05) is 12.3 Å². The van der Waals surface area contributed by atoms with Crippen molar-refractivity contribution in [2.24, 2.45) is 0 Å². The number of carbonyl (C=O) groups is 3. The average Bonchev–Trinajstić information content (AvgIpc) is 3.49. The van der Waals surface area contributed by atoms with Gasteiger partial charge < -0.3 is 19.5 Å². The number of carbonyl (C=O) groups excluding carboxylic acids is 3. The zero-order valence-corrected chi connectivity index (χ0v) is 19.9. The minimum Gasteiger partial charge on any atom is -0.493 e. The fourth-order valence-corrected chi connectivity index (χ4v) is 4.37. The Labute approximate surface area is 208 Å². The van der Waals surface area contributed by atoms with Crippen LogP contribution in [0.4, 0.5) is 5.69 Å². The van der Waals surface area contributed by atoms with E-state index in [1.165, 1.54) is 4.90 Å². The number of imide groups is 1. The van der Waals surface area contributed by atoms with Crippen LogP contribution in [0.5, 0.6) is 17.2 Å². The summed E-state index contributed by atoms with van der Waals surface area (Å²) in [7, 11) is 0. The molecule has 8 heteroatoms. The number of rotatable bonds is 8. The lowest BCUT2D eigenvalue weighted by atomic mass is 10.1. The summed E-state index contributed by atoms with van der Waals surface area (Å²) in [6.07, 6.45) is 1.68. The standard InChI is InChI=1S/C28H26N2O6/c1-2-34-25-8-4-3-7-23(25)26(31)29-18-9-11-19(12-10-18)36-20-13-14-22-24(16-20)28(33)30(27(22)32)17-21-6-5-15-35-21/h3-4,7-14,16,21H,2,5-6,15,17H2,1H3,(H,29,31). The van der Waals surface area contributed by atoms with Gasteiger partial charge in [0.1, 0.15) is 17.2 Å². The molecule has 1 unspecified atom stereocenters. The Hall–Kier alpha value is -4.17. The van der Waals surface area contributed by atoms with Crippen LogP contribution in [0, 0.1) is 0 Å². The summed E-state index contributed by atoms with van der Waals surface area (Å²) in [4.78, 5) is 39.5. The Balaban J connectivity index is 1.25. The number of nitrogens with one attached hydrogen (secondary N) is 1. The molecule has 3 aromatic rings. The second-order valence-corrected chi connectivity index (χ2v) is 8.57. The van der Waals surface area contributed by atoms with Crippen LogP contribution in [0.2, 0.25) is 0 Å². The third-order valence-corrected chi connectivity index (χ3v) is 6.13.